The third kappa shape index (κ3) is 8.24. The summed E-state index contributed by atoms with van der Waals surface area (Å²) in [5.74, 6) is 1.18. The van der Waals surface area contributed by atoms with Gasteiger partial charge in [-0.3, -0.25) is 9.59 Å². The number of anilines is 1. The maximum atomic E-state index is 13.1. The van der Waals surface area contributed by atoms with Gasteiger partial charge in [-0.25, -0.2) is 0 Å². The zero-order chi connectivity index (χ0) is 27.7. The lowest BCUT2D eigenvalue weighted by Crippen LogP contribution is -2.32. The Balaban J connectivity index is 1.74. The van der Waals surface area contributed by atoms with E-state index in [1.807, 2.05) is 11.5 Å². The van der Waals surface area contributed by atoms with Crippen LogP contribution in [0.5, 0.6) is 5.75 Å². The normalized spacial score (nSPS) is 11.7. The number of allylic oxidation sites excluding steroid dienone is 1. The number of hydrogen-bond donors (Lipinski definition) is 2. The second-order valence-electron chi connectivity index (χ2n) is 8.81. The molecule has 38 heavy (non-hydrogen) atoms. The minimum Gasteiger partial charge on any atom is -0.494 e. The first-order valence-electron chi connectivity index (χ1n) is 12.2. The van der Waals surface area contributed by atoms with Crippen LogP contribution in [0.25, 0.3) is 0 Å². The van der Waals surface area contributed by atoms with Gasteiger partial charge >= 0.3 is 0 Å². The molecule has 0 aliphatic heterocycles. The van der Waals surface area contributed by atoms with Crippen molar-refractivity contribution < 1.29 is 14.3 Å². The highest BCUT2D eigenvalue weighted by Gasteiger charge is 2.25. The molecule has 1 heterocycles. The molecular weight excluding hydrogens is 545 g/mol. The smallest absolute Gasteiger partial charge is 0.253 e. The van der Waals surface area contributed by atoms with Crippen molar-refractivity contribution in [3.63, 3.8) is 0 Å². The summed E-state index contributed by atoms with van der Waals surface area (Å²) in [5, 5.41) is 15.9. The van der Waals surface area contributed by atoms with Crippen LogP contribution in [0.3, 0.4) is 0 Å². The lowest BCUT2D eigenvalue weighted by atomic mass is 10.0. The van der Waals surface area contributed by atoms with Crippen LogP contribution >= 0.6 is 35.0 Å². The molecule has 0 fully saturated rings. The summed E-state index contributed by atoms with van der Waals surface area (Å²) in [6.45, 7) is 10.9. The lowest BCUT2D eigenvalue weighted by Gasteiger charge is -2.21. The van der Waals surface area contributed by atoms with Gasteiger partial charge in [0.2, 0.25) is 5.91 Å². The topological polar surface area (TPSA) is 98.1 Å². The summed E-state index contributed by atoms with van der Waals surface area (Å²) in [6, 6.07) is 11.5. The summed E-state index contributed by atoms with van der Waals surface area (Å²) in [5.41, 5.74) is 0.994. The lowest BCUT2D eigenvalue weighted by molar-refractivity contribution is -0.113. The SMILES string of the molecule is C=CCn1c(SCC(=O)Nc2ccc(OCC)cc2)nnc1[C@H](CC(C)C)NC(=O)c1ccc(Cl)cc1Cl. The van der Waals surface area contributed by atoms with Crippen molar-refractivity contribution in [3.05, 3.63) is 76.6 Å². The third-order valence-corrected chi connectivity index (χ3v) is 6.85. The molecule has 11 heteroatoms. The highest BCUT2D eigenvalue weighted by atomic mass is 35.5. The number of aromatic nitrogens is 3. The Morgan fingerprint density at radius 3 is 2.53 bits per heavy atom. The first-order chi connectivity index (χ1) is 18.2. The van der Waals surface area contributed by atoms with E-state index >= 15 is 0 Å². The minimum absolute atomic E-state index is 0.129. The Morgan fingerprint density at radius 1 is 1.16 bits per heavy atom. The Hall–Kier alpha value is -3.01. The van der Waals surface area contributed by atoms with Gasteiger partial charge in [-0.15, -0.1) is 16.8 Å². The third-order valence-electron chi connectivity index (χ3n) is 5.34. The Morgan fingerprint density at radius 2 is 1.89 bits per heavy atom. The molecule has 0 saturated heterocycles. The van der Waals surface area contributed by atoms with E-state index in [0.29, 0.717) is 46.8 Å². The van der Waals surface area contributed by atoms with E-state index in [4.69, 9.17) is 27.9 Å². The van der Waals surface area contributed by atoms with Crippen molar-refractivity contribution >= 4 is 52.5 Å². The van der Waals surface area contributed by atoms with Crippen molar-refractivity contribution in [2.75, 3.05) is 17.7 Å². The van der Waals surface area contributed by atoms with E-state index in [-0.39, 0.29) is 28.5 Å². The molecular formula is C27H31Cl2N5O3S. The fourth-order valence-corrected chi connectivity index (χ4v) is 4.95. The van der Waals surface area contributed by atoms with E-state index < -0.39 is 6.04 Å². The van der Waals surface area contributed by atoms with Crippen molar-refractivity contribution in [2.45, 2.75) is 44.9 Å². The first kappa shape index (κ1) is 29.5. The van der Waals surface area contributed by atoms with Crippen molar-refractivity contribution in [3.8, 4) is 5.75 Å². The average molecular weight is 577 g/mol. The number of rotatable bonds is 13. The molecule has 202 valence electrons. The molecule has 0 aliphatic carbocycles. The predicted octanol–water partition coefficient (Wildman–Crippen LogP) is 6.42. The van der Waals surface area contributed by atoms with Crippen LogP contribution in [0, 0.1) is 5.92 Å². The van der Waals surface area contributed by atoms with Crippen LogP contribution in [0.1, 0.15) is 49.4 Å². The van der Waals surface area contributed by atoms with E-state index in [2.05, 4.69) is 41.3 Å². The van der Waals surface area contributed by atoms with Gasteiger partial charge < -0.3 is 19.9 Å². The molecule has 0 bridgehead atoms. The number of thioether (sulfide) groups is 1. The number of amides is 2. The number of benzene rings is 2. The molecule has 0 spiro atoms. The zero-order valence-electron chi connectivity index (χ0n) is 21.5. The van der Waals surface area contributed by atoms with Crippen LogP contribution in [-0.4, -0.2) is 38.9 Å². The molecule has 8 nitrogen and oxygen atoms in total. The zero-order valence-corrected chi connectivity index (χ0v) is 23.9. The van der Waals surface area contributed by atoms with E-state index in [9.17, 15) is 9.59 Å². The number of nitrogens with one attached hydrogen (secondary N) is 2. The van der Waals surface area contributed by atoms with Gasteiger partial charge in [0.05, 0.1) is 29.0 Å². The van der Waals surface area contributed by atoms with Crippen LogP contribution in [0.4, 0.5) is 5.69 Å². The van der Waals surface area contributed by atoms with E-state index in [0.717, 1.165) is 5.75 Å². The maximum absolute atomic E-state index is 13.1. The van der Waals surface area contributed by atoms with Crippen molar-refractivity contribution in [1.82, 2.24) is 20.1 Å². The van der Waals surface area contributed by atoms with Crippen LogP contribution < -0.4 is 15.4 Å². The highest BCUT2D eigenvalue weighted by Crippen LogP contribution is 2.27. The van der Waals surface area contributed by atoms with Crippen LogP contribution in [-0.2, 0) is 11.3 Å². The number of hydrogen-bond acceptors (Lipinski definition) is 6. The fourth-order valence-electron chi connectivity index (χ4n) is 3.70. The van der Waals surface area contributed by atoms with Gasteiger partial charge in [-0.1, -0.05) is 54.9 Å². The number of carbonyl (C=O) groups excluding carboxylic acids is 2. The van der Waals surface area contributed by atoms with Gasteiger partial charge in [0, 0.05) is 17.3 Å². The second kappa shape index (κ2) is 14.2. The quantitative estimate of drug-likeness (QED) is 0.180. The molecule has 2 aromatic carbocycles. The molecule has 0 aliphatic rings. The van der Waals surface area contributed by atoms with Gasteiger partial charge in [-0.05, 0) is 61.7 Å². The minimum atomic E-state index is -0.436. The summed E-state index contributed by atoms with van der Waals surface area (Å²) < 4.78 is 7.29. The molecule has 3 aromatic rings. The highest BCUT2D eigenvalue weighted by molar-refractivity contribution is 7.99. The molecule has 1 atom stereocenters. The molecule has 2 amide bonds. The Labute approximate surface area is 237 Å². The molecule has 3 rings (SSSR count). The van der Waals surface area contributed by atoms with Gasteiger partial charge in [0.1, 0.15) is 5.75 Å². The Kier molecular flexibility index (Phi) is 11.1. The van der Waals surface area contributed by atoms with Crippen molar-refractivity contribution in [2.24, 2.45) is 5.92 Å². The predicted molar refractivity (Wildman–Crippen MR) is 153 cm³/mol. The van der Waals surface area contributed by atoms with Crippen LogP contribution in [0.15, 0.2) is 60.3 Å². The summed E-state index contributed by atoms with van der Waals surface area (Å²) in [6.07, 6.45) is 2.34. The number of carbonyl (C=O) groups is 2. The molecule has 0 unspecified atom stereocenters. The summed E-state index contributed by atoms with van der Waals surface area (Å²) >= 11 is 13.5. The Bertz CT molecular complexity index is 1260. The number of ether oxygens (including phenoxy) is 1. The monoisotopic (exact) mass is 575 g/mol. The van der Waals surface area contributed by atoms with Gasteiger partial charge in [-0.2, -0.15) is 0 Å². The van der Waals surface area contributed by atoms with Crippen molar-refractivity contribution in [1.29, 1.82) is 0 Å². The molecule has 0 radical (unpaired) electrons. The van der Waals surface area contributed by atoms with E-state index in [1.54, 1.807) is 42.5 Å². The van der Waals surface area contributed by atoms with Gasteiger partial charge in [0.15, 0.2) is 11.0 Å². The molecule has 1 aromatic heterocycles. The largest absolute Gasteiger partial charge is 0.494 e. The summed E-state index contributed by atoms with van der Waals surface area (Å²) in [7, 11) is 0. The summed E-state index contributed by atoms with van der Waals surface area (Å²) in [4.78, 5) is 25.7. The van der Waals surface area contributed by atoms with E-state index in [1.165, 1.54) is 17.8 Å². The fraction of sp³-hybridized carbons (Fsp3) is 0.333. The molecule has 0 saturated carbocycles. The molecule has 2 N–H and O–H groups in total. The average Bonchev–Trinajstić information content (AvgIpc) is 3.26. The first-order valence-corrected chi connectivity index (χ1v) is 13.9. The number of halogens is 2. The second-order valence-corrected chi connectivity index (χ2v) is 10.6. The van der Waals surface area contributed by atoms with Gasteiger partial charge in [0.25, 0.3) is 5.91 Å². The maximum Gasteiger partial charge on any atom is 0.253 e. The standard InChI is InChI=1S/C27H31Cl2N5O3S/c1-5-13-34-25(23(14-17(3)4)31-26(36)21-12-7-18(28)15-22(21)29)32-33-27(34)38-16-24(35)30-19-8-10-20(11-9-19)37-6-2/h5,7-12,15,17,23H,1,6,13-14,16H2,2-4H3,(H,30,35)(H,31,36)/t23-/m0/s1. The number of nitrogens with zero attached hydrogens (tertiary/aromatic N) is 3. The van der Waals surface area contributed by atoms with Crippen LogP contribution in [0.2, 0.25) is 10.0 Å².